The van der Waals surface area contributed by atoms with E-state index in [1.165, 1.54) is 30.9 Å². The second-order valence-corrected chi connectivity index (χ2v) is 18.0. The third-order valence-corrected chi connectivity index (χ3v) is 12.6. The van der Waals surface area contributed by atoms with Gasteiger partial charge in [-0.15, -0.1) is 34.0 Å². The molecule has 0 spiro atoms. The van der Waals surface area contributed by atoms with Gasteiger partial charge in [-0.3, -0.25) is 57.1 Å². The molecule has 10 rings (SSSR count). The van der Waals surface area contributed by atoms with E-state index >= 15 is 0 Å². The van der Waals surface area contributed by atoms with Crippen LogP contribution in [0.1, 0.15) is 93.5 Å². The van der Waals surface area contributed by atoms with Crippen LogP contribution in [0, 0.1) is 13.8 Å². The number of aromatic nitrogens is 16. The number of pyridine rings is 4. The first kappa shape index (κ1) is 59.6. The second-order valence-electron chi connectivity index (χ2n) is 18.0. The Morgan fingerprint density at radius 1 is 0.488 bits per heavy atom. The molecule has 424 valence electrons. The summed E-state index contributed by atoms with van der Waals surface area (Å²) in [6, 6.07) is 9.58. The van der Waals surface area contributed by atoms with Crippen LogP contribution in [0.4, 0.5) is 17.8 Å². The van der Waals surface area contributed by atoms with Crippen molar-refractivity contribution in [2.24, 2.45) is 22.9 Å². The molecule has 13 N–H and O–H groups in total. The van der Waals surface area contributed by atoms with E-state index in [2.05, 4.69) is 55.4 Å². The van der Waals surface area contributed by atoms with Crippen LogP contribution in [-0.2, 0) is 45.7 Å². The summed E-state index contributed by atoms with van der Waals surface area (Å²) in [7, 11) is 0. The number of imidazole rings is 4. The molecule has 0 bridgehead atoms. The number of rotatable bonds is 19. The molecular formula is C51H55Br2N23O6. The number of ketones is 1. The fourth-order valence-electron chi connectivity index (χ4n) is 8.72. The number of Topliss-reactive ketones (excluding diaryl/α,β-unsaturated/α-hetero) is 1. The fraction of sp³-hybridized carbons (Fsp3) is 0.216. The minimum atomic E-state index is -0.658. The van der Waals surface area contributed by atoms with Crippen molar-refractivity contribution in [1.82, 2.24) is 77.7 Å². The SMILES string of the molecule is Br.Br.CCn1nc(C)cc1C(=O)Cc1nc2cc(C(N)=O)cnc2n1C/C=C/Cn1c(NC(=O)c2cc(C)nn2CC)nc2cc(C(N)=O)cnc21.NC(=O)c1cnc2c(c1)nc(N)n2C/C=C/Cn1c(N)nc2cc(C(N)=O)cnc21. The first-order valence-electron chi connectivity index (χ1n) is 24.7. The minimum absolute atomic E-state index is 0. The lowest BCUT2D eigenvalue weighted by Gasteiger charge is -2.09. The molecule has 0 aliphatic carbocycles. The van der Waals surface area contributed by atoms with Crippen LogP contribution < -0.4 is 39.7 Å². The van der Waals surface area contributed by atoms with Gasteiger partial charge in [0.25, 0.3) is 5.91 Å². The van der Waals surface area contributed by atoms with E-state index < -0.39 is 29.5 Å². The maximum Gasteiger partial charge on any atom is 0.276 e. The van der Waals surface area contributed by atoms with Gasteiger partial charge < -0.3 is 39.0 Å². The van der Waals surface area contributed by atoms with Gasteiger partial charge in [-0.25, -0.2) is 39.9 Å². The Labute approximate surface area is 485 Å². The molecule has 0 unspecified atom stereocenters. The molecule has 0 fully saturated rings. The Hall–Kier alpha value is -10.0. The number of carbonyl (C=O) groups excluding carboxylic acids is 6. The lowest BCUT2D eigenvalue weighted by molar-refractivity contribution is 0.0974. The average Bonchev–Trinajstić information content (AvgIpc) is 4.45. The van der Waals surface area contributed by atoms with Gasteiger partial charge in [0.1, 0.15) is 39.3 Å². The maximum atomic E-state index is 13.4. The Morgan fingerprint density at radius 3 is 1.27 bits per heavy atom. The smallest absolute Gasteiger partial charge is 0.276 e. The van der Waals surface area contributed by atoms with Crippen LogP contribution in [0.15, 0.2) is 85.5 Å². The quantitative estimate of drug-likeness (QED) is 0.0451. The van der Waals surface area contributed by atoms with Gasteiger partial charge in [-0.2, -0.15) is 10.2 Å². The van der Waals surface area contributed by atoms with E-state index in [1.54, 1.807) is 64.9 Å². The standard InChI is InChI=1S/C33H35N13O4.C18H18N10O2.2BrH/c1-5-45-24(11-18(3)41-45)26(47)15-27-38-22-13-20(28(34)48)16-36-30(22)43(27)9-7-8-10-44-31-23(14-21(17-37-31)29(35)49)39-33(44)40-32(50)25-12-19(4)42-46(25)6-2;19-13(29)9-5-11-15(23-7-9)27(17(21)25-11)3-1-2-4-28-16-12(26-18(28)22)6-10(8-24-16)14(20)30;;/h7-8,11-14,16-17H,5-6,9-10,15H2,1-4H3,(H2,34,48)(H2,35,49)(H,39,40,50);1-2,5-8H,3-4H2,(H2,19,29)(H2,20,30)(H2,21,25)(H2,22,26);2*1H/b8-7+;2-1+;;. The number of nitrogens with two attached hydrogens (primary N) is 6. The third kappa shape index (κ3) is 12.4. The number of halogens is 2. The normalized spacial score (nSPS) is 11.3. The molecular weight excluding hydrogens is 1190 g/mol. The number of nitrogens with one attached hydrogen (secondary N) is 1. The summed E-state index contributed by atoms with van der Waals surface area (Å²) in [6.45, 7) is 9.73. The van der Waals surface area contributed by atoms with Crippen LogP contribution in [0.5, 0.6) is 0 Å². The highest BCUT2D eigenvalue weighted by molar-refractivity contribution is 8.93. The van der Waals surface area contributed by atoms with Gasteiger partial charge in [0.2, 0.25) is 41.5 Å². The Balaban J connectivity index is 0.000000259. The van der Waals surface area contributed by atoms with Crippen LogP contribution >= 0.6 is 34.0 Å². The number of aryl methyl sites for hydroxylation is 4. The molecule has 0 aliphatic heterocycles. The second kappa shape index (κ2) is 25.0. The van der Waals surface area contributed by atoms with Crippen molar-refractivity contribution in [3.63, 3.8) is 0 Å². The van der Waals surface area contributed by atoms with Gasteiger partial charge in [-0.05, 0) is 64.1 Å². The number of amides is 5. The Kier molecular flexibility index (Phi) is 18.1. The predicted molar refractivity (Wildman–Crippen MR) is 313 cm³/mol. The lowest BCUT2D eigenvalue weighted by atomic mass is 10.2. The van der Waals surface area contributed by atoms with Gasteiger partial charge >= 0.3 is 0 Å². The van der Waals surface area contributed by atoms with Crippen LogP contribution in [0.2, 0.25) is 0 Å². The summed E-state index contributed by atoms with van der Waals surface area (Å²) < 4.78 is 10.1. The number of fused-ring (bicyclic) bond motifs is 4. The molecule has 82 heavy (non-hydrogen) atoms. The number of carbonyl (C=O) groups is 6. The van der Waals surface area contributed by atoms with Crippen LogP contribution in [-0.4, -0.2) is 113 Å². The van der Waals surface area contributed by atoms with Gasteiger partial charge in [0.15, 0.2) is 28.4 Å². The zero-order valence-electron chi connectivity index (χ0n) is 44.4. The van der Waals surface area contributed by atoms with Crippen molar-refractivity contribution in [1.29, 1.82) is 0 Å². The van der Waals surface area contributed by atoms with Crippen molar-refractivity contribution in [2.45, 2.75) is 73.4 Å². The Bertz CT molecular complexity index is 3940. The summed E-state index contributed by atoms with van der Waals surface area (Å²) in [5.74, 6) is -1.89. The molecule has 5 amide bonds. The van der Waals surface area contributed by atoms with Crippen molar-refractivity contribution in [2.75, 3.05) is 16.8 Å². The first-order chi connectivity index (χ1) is 38.3. The summed E-state index contributed by atoms with van der Waals surface area (Å²) in [5, 5.41) is 11.6. The number of nitrogens with zero attached hydrogens (tertiary/aromatic N) is 16. The predicted octanol–water partition coefficient (Wildman–Crippen LogP) is 3.31. The third-order valence-electron chi connectivity index (χ3n) is 12.6. The highest BCUT2D eigenvalue weighted by atomic mass is 79.9. The summed E-state index contributed by atoms with van der Waals surface area (Å²) in [5.41, 5.74) is 40.3. The maximum absolute atomic E-state index is 13.4. The highest BCUT2D eigenvalue weighted by Gasteiger charge is 2.22. The van der Waals surface area contributed by atoms with E-state index in [9.17, 15) is 28.8 Å². The van der Waals surface area contributed by atoms with Gasteiger partial charge in [0, 0.05) is 64.1 Å². The minimum Gasteiger partial charge on any atom is -0.369 e. The molecule has 0 aromatic carbocycles. The van der Waals surface area contributed by atoms with E-state index in [1.807, 2.05) is 45.1 Å². The molecule has 0 aliphatic rings. The van der Waals surface area contributed by atoms with Crippen molar-refractivity contribution >= 4 is 132 Å². The molecule has 0 saturated carbocycles. The van der Waals surface area contributed by atoms with E-state index in [0.717, 1.165) is 5.69 Å². The topological polar surface area (TPSA) is 429 Å². The number of hydrogen-bond donors (Lipinski definition) is 7. The zero-order chi connectivity index (χ0) is 57.1. The van der Waals surface area contributed by atoms with E-state index in [4.69, 9.17) is 34.4 Å². The van der Waals surface area contributed by atoms with Gasteiger partial charge in [-0.1, -0.05) is 24.3 Å². The van der Waals surface area contributed by atoms with Crippen molar-refractivity contribution < 1.29 is 28.8 Å². The zero-order valence-corrected chi connectivity index (χ0v) is 47.8. The Morgan fingerprint density at radius 2 is 0.841 bits per heavy atom. The average molecular weight is 1250 g/mol. The molecule has 0 atom stereocenters. The monoisotopic (exact) mass is 1240 g/mol. The summed E-state index contributed by atoms with van der Waals surface area (Å²) in [4.78, 5) is 108. The number of hydrogen-bond acceptors (Lipinski definition) is 18. The summed E-state index contributed by atoms with van der Waals surface area (Å²) >= 11 is 0. The van der Waals surface area contributed by atoms with E-state index in [0.29, 0.717) is 93.7 Å². The molecule has 31 heteroatoms. The lowest BCUT2D eigenvalue weighted by Crippen LogP contribution is -2.20. The molecule has 0 saturated heterocycles. The van der Waals surface area contributed by atoms with E-state index in [-0.39, 0.29) is 99.4 Å². The number of primary amides is 4. The van der Waals surface area contributed by atoms with Crippen LogP contribution in [0.25, 0.3) is 44.7 Å². The van der Waals surface area contributed by atoms with Gasteiger partial charge in [0.05, 0.1) is 40.1 Å². The van der Waals surface area contributed by atoms with Crippen LogP contribution in [0.3, 0.4) is 0 Å². The largest absolute Gasteiger partial charge is 0.369 e. The number of nitrogen functional groups attached to an aromatic ring is 2. The molecule has 10 heterocycles. The molecule has 0 radical (unpaired) electrons. The highest BCUT2D eigenvalue weighted by Crippen LogP contribution is 2.23. The molecule has 29 nitrogen and oxygen atoms in total. The summed E-state index contributed by atoms with van der Waals surface area (Å²) in [6.07, 6.45) is 12.9. The van der Waals surface area contributed by atoms with Crippen molar-refractivity contribution in [3.8, 4) is 0 Å². The van der Waals surface area contributed by atoms with Crippen molar-refractivity contribution in [3.05, 3.63) is 136 Å². The molecule has 10 aromatic rings. The number of anilines is 3. The first-order valence-corrected chi connectivity index (χ1v) is 24.7. The fourth-order valence-corrected chi connectivity index (χ4v) is 8.72. The number of allylic oxidation sites excluding steroid dienone is 4. The molecule has 10 aromatic heterocycles.